The van der Waals surface area contributed by atoms with E-state index in [0.29, 0.717) is 30.9 Å². The van der Waals surface area contributed by atoms with Crippen LogP contribution in [0.2, 0.25) is 0 Å². The summed E-state index contributed by atoms with van der Waals surface area (Å²) in [7, 11) is 0. The van der Waals surface area contributed by atoms with Crippen molar-refractivity contribution in [1.82, 2.24) is 4.90 Å². The van der Waals surface area contributed by atoms with Gasteiger partial charge >= 0.3 is 5.97 Å². The first-order chi connectivity index (χ1) is 9.88. The van der Waals surface area contributed by atoms with Crippen molar-refractivity contribution in [2.45, 2.75) is 26.7 Å². The smallest absolute Gasteiger partial charge is 0.338 e. The molecule has 7 heteroatoms. The minimum atomic E-state index is -1.04. The molecule has 1 aliphatic heterocycles. The fourth-order valence-corrected chi connectivity index (χ4v) is 3.34. The lowest BCUT2D eigenvalue weighted by molar-refractivity contribution is -0.132. The molecule has 1 aromatic rings. The number of carboxylic acids is 1. The van der Waals surface area contributed by atoms with Crippen molar-refractivity contribution in [2.24, 2.45) is 5.92 Å². The number of nitrogens with zero attached hydrogens (tertiary/aromatic N) is 1. The van der Waals surface area contributed by atoms with Gasteiger partial charge in [-0.2, -0.15) is 0 Å². The molecule has 0 aromatic carbocycles. The molecule has 21 heavy (non-hydrogen) atoms. The Bertz CT molecular complexity index is 574. The molecule has 0 bridgehead atoms. The van der Waals surface area contributed by atoms with Crippen LogP contribution in [0.4, 0.5) is 5.00 Å². The summed E-state index contributed by atoms with van der Waals surface area (Å²) in [6.45, 7) is 4.47. The quantitative estimate of drug-likeness (QED) is 0.893. The number of thiophene rings is 1. The number of aryl methyl sites for hydroxylation is 1. The average Bonchev–Trinajstić information content (AvgIpc) is 2.80. The first-order valence-corrected chi connectivity index (χ1v) is 7.60. The van der Waals surface area contributed by atoms with E-state index >= 15 is 0 Å². The van der Waals surface area contributed by atoms with Crippen LogP contribution >= 0.6 is 11.3 Å². The van der Waals surface area contributed by atoms with Crippen LogP contribution in [0.25, 0.3) is 0 Å². The Morgan fingerprint density at radius 2 is 1.95 bits per heavy atom. The summed E-state index contributed by atoms with van der Waals surface area (Å²) < 4.78 is 0. The number of aromatic carboxylic acids is 1. The summed E-state index contributed by atoms with van der Waals surface area (Å²) in [4.78, 5) is 37.2. The van der Waals surface area contributed by atoms with Crippen molar-refractivity contribution in [1.29, 1.82) is 0 Å². The third kappa shape index (κ3) is 3.60. The minimum absolute atomic E-state index is 0.0240. The molecular weight excluding hydrogens is 292 g/mol. The van der Waals surface area contributed by atoms with Gasteiger partial charge in [-0.25, -0.2) is 4.79 Å². The number of carboxylic acid groups (broad SMARTS) is 1. The predicted octanol–water partition coefficient (Wildman–Crippen LogP) is 1.95. The fourth-order valence-electron chi connectivity index (χ4n) is 2.44. The Labute approximate surface area is 126 Å². The average molecular weight is 310 g/mol. The Kier molecular flexibility index (Phi) is 4.62. The number of hydrogen-bond donors (Lipinski definition) is 2. The summed E-state index contributed by atoms with van der Waals surface area (Å²) in [6.07, 6.45) is 1.22. The van der Waals surface area contributed by atoms with Gasteiger partial charge in [0, 0.05) is 30.8 Å². The van der Waals surface area contributed by atoms with Gasteiger partial charge in [0.15, 0.2) is 0 Å². The predicted molar refractivity (Wildman–Crippen MR) is 79.6 cm³/mol. The van der Waals surface area contributed by atoms with Crippen molar-refractivity contribution in [3.05, 3.63) is 16.5 Å². The number of carbonyl (C=O) groups is 3. The number of hydrogen-bond acceptors (Lipinski definition) is 4. The molecule has 2 N–H and O–H groups in total. The summed E-state index contributed by atoms with van der Waals surface area (Å²) >= 11 is 1.26. The van der Waals surface area contributed by atoms with E-state index in [4.69, 9.17) is 5.11 Å². The number of nitrogens with one attached hydrogen (secondary N) is 1. The molecule has 2 amide bonds. The summed E-state index contributed by atoms with van der Waals surface area (Å²) in [5.74, 6) is -1.36. The van der Waals surface area contributed by atoms with Gasteiger partial charge in [-0.3, -0.25) is 9.59 Å². The zero-order chi connectivity index (χ0) is 15.6. The molecule has 6 nitrogen and oxygen atoms in total. The standard InChI is InChI=1S/C14H18N2O4S/c1-8-7-11(14(19)20)13(21-8)15-12(18)10-3-5-16(6-4-10)9(2)17/h7,10H,3-6H2,1-2H3,(H,15,18)(H,19,20). The van der Waals surface area contributed by atoms with Gasteiger partial charge in [0.2, 0.25) is 11.8 Å². The lowest BCUT2D eigenvalue weighted by atomic mass is 9.96. The number of likely N-dealkylation sites (tertiary alicyclic amines) is 1. The van der Waals surface area contributed by atoms with Gasteiger partial charge in [0.1, 0.15) is 5.00 Å². The largest absolute Gasteiger partial charge is 0.478 e. The highest BCUT2D eigenvalue weighted by atomic mass is 32.1. The number of amides is 2. The van der Waals surface area contributed by atoms with E-state index in [2.05, 4.69) is 5.32 Å². The molecule has 0 unspecified atom stereocenters. The van der Waals surface area contributed by atoms with Gasteiger partial charge < -0.3 is 15.3 Å². The molecule has 2 heterocycles. The molecular formula is C14H18N2O4S. The van der Waals surface area contributed by atoms with Gasteiger partial charge in [-0.15, -0.1) is 11.3 Å². The van der Waals surface area contributed by atoms with Gasteiger partial charge in [-0.1, -0.05) is 0 Å². The van der Waals surface area contributed by atoms with Crippen molar-refractivity contribution in [3.8, 4) is 0 Å². The van der Waals surface area contributed by atoms with E-state index in [1.54, 1.807) is 17.9 Å². The zero-order valence-corrected chi connectivity index (χ0v) is 12.8. The normalized spacial score (nSPS) is 15.8. The van der Waals surface area contributed by atoms with E-state index in [0.717, 1.165) is 4.88 Å². The second kappa shape index (κ2) is 6.26. The van der Waals surface area contributed by atoms with Crippen LogP contribution in [0.3, 0.4) is 0 Å². The number of piperidine rings is 1. The van der Waals surface area contributed by atoms with Crippen LogP contribution in [0.5, 0.6) is 0 Å². The lowest BCUT2D eigenvalue weighted by Crippen LogP contribution is -2.40. The molecule has 1 fully saturated rings. The molecule has 2 rings (SSSR count). The van der Waals surface area contributed by atoms with E-state index in [1.807, 2.05) is 0 Å². The highest BCUT2D eigenvalue weighted by molar-refractivity contribution is 7.16. The van der Waals surface area contributed by atoms with Crippen LogP contribution in [0.1, 0.15) is 35.0 Å². The first-order valence-electron chi connectivity index (χ1n) is 6.78. The SMILES string of the molecule is CC(=O)N1CCC(C(=O)Nc2sc(C)cc2C(=O)O)CC1. The van der Waals surface area contributed by atoms with E-state index < -0.39 is 5.97 Å². The van der Waals surface area contributed by atoms with E-state index in [-0.39, 0.29) is 23.3 Å². The van der Waals surface area contributed by atoms with Gasteiger partial charge in [0.05, 0.1) is 5.56 Å². The lowest BCUT2D eigenvalue weighted by Gasteiger charge is -2.30. The molecule has 114 valence electrons. The van der Waals surface area contributed by atoms with Crippen molar-refractivity contribution < 1.29 is 19.5 Å². The number of carbonyl (C=O) groups excluding carboxylic acids is 2. The van der Waals surface area contributed by atoms with Crippen LogP contribution in [0, 0.1) is 12.8 Å². The second-order valence-corrected chi connectivity index (χ2v) is 6.43. The molecule has 0 radical (unpaired) electrons. The minimum Gasteiger partial charge on any atom is -0.478 e. The summed E-state index contributed by atoms with van der Waals surface area (Å²) in [5.41, 5.74) is 0.132. The van der Waals surface area contributed by atoms with Crippen molar-refractivity contribution in [3.63, 3.8) is 0 Å². The maximum atomic E-state index is 12.2. The maximum Gasteiger partial charge on any atom is 0.338 e. The third-order valence-electron chi connectivity index (χ3n) is 3.63. The van der Waals surface area contributed by atoms with Crippen molar-refractivity contribution in [2.75, 3.05) is 18.4 Å². The monoisotopic (exact) mass is 310 g/mol. The molecule has 0 atom stereocenters. The van der Waals surface area contributed by atoms with Crippen molar-refractivity contribution >= 4 is 34.1 Å². The molecule has 0 saturated carbocycles. The van der Waals surface area contributed by atoms with E-state index in [1.165, 1.54) is 18.3 Å². The second-order valence-electron chi connectivity index (χ2n) is 5.17. The summed E-state index contributed by atoms with van der Waals surface area (Å²) in [6, 6.07) is 1.56. The highest BCUT2D eigenvalue weighted by Gasteiger charge is 2.27. The zero-order valence-electron chi connectivity index (χ0n) is 12.0. The maximum absolute atomic E-state index is 12.2. The van der Waals surface area contributed by atoms with Crippen LogP contribution < -0.4 is 5.32 Å². The molecule has 1 aromatic heterocycles. The number of rotatable bonds is 3. The van der Waals surface area contributed by atoms with Crippen LogP contribution in [0.15, 0.2) is 6.07 Å². The number of anilines is 1. The highest BCUT2D eigenvalue weighted by Crippen LogP contribution is 2.29. The Morgan fingerprint density at radius 3 is 2.48 bits per heavy atom. The summed E-state index contributed by atoms with van der Waals surface area (Å²) in [5, 5.41) is 12.2. The van der Waals surface area contributed by atoms with Gasteiger partial charge in [-0.05, 0) is 25.8 Å². The molecule has 0 spiro atoms. The topological polar surface area (TPSA) is 86.7 Å². The van der Waals surface area contributed by atoms with Gasteiger partial charge in [0.25, 0.3) is 0 Å². The molecule has 1 aliphatic rings. The Morgan fingerprint density at radius 1 is 1.33 bits per heavy atom. The Hall–Kier alpha value is -1.89. The van der Waals surface area contributed by atoms with E-state index in [9.17, 15) is 14.4 Å². The fraction of sp³-hybridized carbons (Fsp3) is 0.500. The molecule has 0 aliphatic carbocycles. The van der Waals surface area contributed by atoms with Crippen LogP contribution in [-0.2, 0) is 9.59 Å². The Balaban J connectivity index is 2.00. The first kappa shape index (κ1) is 15.5. The third-order valence-corrected chi connectivity index (χ3v) is 4.60. The van der Waals surface area contributed by atoms with Crippen LogP contribution in [-0.4, -0.2) is 40.9 Å². The molecule has 1 saturated heterocycles.